The first-order valence-corrected chi connectivity index (χ1v) is 9.45. The second-order valence-corrected chi connectivity index (χ2v) is 6.87. The Balaban J connectivity index is 1.42. The van der Waals surface area contributed by atoms with E-state index in [0.29, 0.717) is 5.52 Å². The number of amides is 1. The van der Waals surface area contributed by atoms with Crippen LogP contribution in [0.15, 0.2) is 55.2 Å². The smallest absolute Gasteiger partial charge is 0.258 e. The number of hydrogen-bond acceptors (Lipinski definition) is 6. The van der Waals surface area contributed by atoms with Crippen molar-refractivity contribution in [3.05, 3.63) is 60.8 Å². The molecule has 1 amide bonds. The van der Waals surface area contributed by atoms with Gasteiger partial charge < -0.3 is 9.47 Å². The molecule has 1 aromatic carbocycles. The van der Waals surface area contributed by atoms with Gasteiger partial charge in [-0.3, -0.25) is 10.1 Å². The predicted molar refractivity (Wildman–Crippen MR) is 115 cm³/mol. The molecule has 0 unspecified atom stereocenters. The largest absolute Gasteiger partial charge is 0.357 e. The van der Waals surface area contributed by atoms with Crippen LogP contribution in [0.1, 0.15) is 28.7 Å². The highest BCUT2D eigenvalue weighted by molar-refractivity contribution is 6.04. The van der Waals surface area contributed by atoms with Gasteiger partial charge in [-0.05, 0) is 31.0 Å². The number of benzene rings is 1. The van der Waals surface area contributed by atoms with Gasteiger partial charge in [-0.1, -0.05) is 12.1 Å². The molecule has 0 saturated carbocycles. The minimum absolute atomic E-state index is 0.0316. The summed E-state index contributed by atoms with van der Waals surface area (Å²) in [4.78, 5) is 30.8. The maximum atomic E-state index is 12.9. The number of hydrogen-bond donors (Lipinski definition) is 1. The molecule has 5 rings (SSSR count). The SMILES string of the molecule is [2H]C1([2H])CCC([2H])([2H])N1c1cc(C(=O)Nc2ncc3ccc(-c4cncn4C)cc3n2)ccn1. The van der Waals surface area contributed by atoms with E-state index in [-0.39, 0.29) is 30.2 Å². The number of rotatable bonds is 4. The molecule has 4 aromatic rings. The maximum absolute atomic E-state index is 12.9. The van der Waals surface area contributed by atoms with Crippen LogP contribution in [0.3, 0.4) is 0 Å². The number of carbonyl (C=O) groups excluding carboxylic acids is 1. The Morgan fingerprint density at radius 3 is 2.80 bits per heavy atom. The summed E-state index contributed by atoms with van der Waals surface area (Å²) in [5, 5.41) is 3.48. The number of aryl methyl sites for hydroxylation is 1. The Morgan fingerprint density at radius 2 is 2.00 bits per heavy atom. The quantitative estimate of drug-likeness (QED) is 0.563. The second-order valence-electron chi connectivity index (χ2n) is 6.87. The van der Waals surface area contributed by atoms with Crippen LogP contribution in [0, 0.1) is 0 Å². The summed E-state index contributed by atoms with van der Waals surface area (Å²) in [5.74, 6) is -0.337. The highest BCUT2D eigenvalue weighted by atomic mass is 16.1. The summed E-state index contributed by atoms with van der Waals surface area (Å²) in [6.07, 6.45) is 6.52. The predicted octanol–water partition coefficient (Wildman–Crippen LogP) is 3.28. The van der Waals surface area contributed by atoms with Crippen LogP contribution in [-0.2, 0) is 7.05 Å². The molecule has 1 aliphatic rings. The number of nitrogens with zero attached hydrogens (tertiary/aromatic N) is 6. The van der Waals surface area contributed by atoms with Crippen LogP contribution in [0.4, 0.5) is 11.8 Å². The van der Waals surface area contributed by atoms with Crippen molar-refractivity contribution in [3.8, 4) is 11.3 Å². The fraction of sp³-hybridized carbons (Fsp3) is 0.227. The number of pyridine rings is 1. The van der Waals surface area contributed by atoms with E-state index >= 15 is 0 Å². The highest BCUT2D eigenvalue weighted by Crippen LogP contribution is 2.23. The molecule has 0 bridgehead atoms. The first kappa shape index (κ1) is 14.2. The molecule has 30 heavy (non-hydrogen) atoms. The summed E-state index contributed by atoms with van der Waals surface area (Å²) < 4.78 is 34.5. The van der Waals surface area contributed by atoms with Crippen molar-refractivity contribution in [2.75, 3.05) is 23.2 Å². The standard InChI is InChI=1S/C22H21N7O/c1-28-14-23-13-19(28)15-4-5-17-12-25-22(26-18(17)10-15)27-21(30)16-6-7-24-20(11-16)29-8-2-3-9-29/h4-7,10-14H,2-3,8-9H2,1H3,(H,25,26,27,30)/i8D2,9D2. The zero-order chi connectivity index (χ0) is 24.1. The van der Waals surface area contributed by atoms with E-state index in [1.165, 1.54) is 18.3 Å². The monoisotopic (exact) mass is 403 g/mol. The van der Waals surface area contributed by atoms with E-state index in [4.69, 9.17) is 5.48 Å². The van der Waals surface area contributed by atoms with Crippen LogP contribution < -0.4 is 10.2 Å². The molecule has 0 spiro atoms. The van der Waals surface area contributed by atoms with Crippen molar-refractivity contribution in [2.45, 2.75) is 12.8 Å². The average Bonchev–Trinajstić information content (AvgIpc) is 3.32. The molecule has 3 aromatic heterocycles. The molecule has 0 aliphatic carbocycles. The minimum atomic E-state index is -1.90. The van der Waals surface area contributed by atoms with Gasteiger partial charge in [-0.15, -0.1) is 0 Å². The maximum Gasteiger partial charge on any atom is 0.258 e. The zero-order valence-corrected chi connectivity index (χ0v) is 16.2. The van der Waals surface area contributed by atoms with Gasteiger partial charge in [0.15, 0.2) is 0 Å². The molecule has 1 N–H and O–H groups in total. The van der Waals surface area contributed by atoms with Gasteiger partial charge in [-0.25, -0.2) is 19.9 Å². The van der Waals surface area contributed by atoms with Gasteiger partial charge in [-0.2, -0.15) is 0 Å². The van der Waals surface area contributed by atoms with E-state index in [0.717, 1.165) is 21.5 Å². The minimum Gasteiger partial charge on any atom is -0.357 e. The summed E-state index contributed by atoms with van der Waals surface area (Å²) in [6.45, 7) is -3.81. The lowest BCUT2D eigenvalue weighted by molar-refractivity contribution is 0.102. The van der Waals surface area contributed by atoms with Crippen molar-refractivity contribution in [2.24, 2.45) is 7.05 Å². The molecule has 8 nitrogen and oxygen atoms in total. The Kier molecular flexibility index (Phi) is 3.58. The number of imidazole rings is 1. The number of carbonyl (C=O) groups is 1. The van der Waals surface area contributed by atoms with Gasteiger partial charge in [0.1, 0.15) is 5.82 Å². The van der Waals surface area contributed by atoms with Crippen LogP contribution in [0.25, 0.3) is 22.2 Å². The molecule has 8 heteroatoms. The number of aromatic nitrogens is 5. The van der Waals surface area contributed by atoms with Crippen LogP contribution in [-0.4, -0.2) is 43.4 Å². The third-order valence-corrected chi connectivity index (χ3v) is 4.82. The lowest BCUT2D eigenvalue weighted by Crippen LogP contribution is -2.20. The van der Waals surface area contributed by atoms with Crippen LogP contribution in [0.2, 0.25) is 0 Å². The fourth-order valence-electron chi connectivity index (χ4n) is 3.29. The lowest BCUT2D eigenvalue weighted by atomic mass is 10.1. The number of anilines is 2. The topological polar surface area (TPSA) is 88.8 Å². The number of fused-ring (bicyclic) bond motifs is 1. The Bertz CT molecular complexity index is 1390. The van der Waals surface area contributed by atoms with Crippen molar-refractivity contribution < 1.29 is 10.3 Å². The molecule has 150 valence electrons. The molecule has 0 radical (unpaired) electrons. The lowest BCUT2D eigenvalue weighted by Gasteiger charge is -2.16. The third kappa shape index (κ3) is 3.47. The summed E-state index contributed by atoms with van der Waals surface area (Å²) >= 11 is 0. The molecular weight excluding hydrogens is 378 g/mol. The van der Waals surface area contributed by atoms with E-state index in [1.807, 2.05) is 29.8 Å². The van der Waals surface area contributed by atoms with E-state index in [2.05, 4.69) is 25.3 Å². The van der Waals surface area contributed by atoms with Crippen LogP contribution in [0.5, 0.6) is 0 Å². The first-order valence-electron chi connectivity index (χ1n) is 11.5. The highest BCUT2D eigenvalue weighted by Gasteiger charge is 2.16. The van der Waals surface area contributed by atoms with Gasteiger partial charge >= 0.3 is 0 Å². The molecule has 4 heterocycles. The van der Waals surface area contributed by atoms with E-state index < -0.39 is 18.9 Å². The van der Waals surface area contributed by atoms with Crippen molar-refractivity contribution in [1.29, 1.82) is 0 Å². The normalized spacial score (nSPS) is 19.0. The summed E-state index contributed by atoms with van der Waals surface area (Å²) in [6, 6.07) is 8.59. The third-order valence-electron chi connectivity index (χ3n) is 4.82. The molecule has 1 aliphatic heterocycles. The van der Waals surface area contributed by atoms with E-state index in [9.17, 15) is 4.79 Å². The van der Waals surface area contributed by atoms with Gasteiger partial charge in [0, 0.05) is 54.4 Å². The molecule has 1 fully saturated rings. The summed E-state index contributed by atoms with van der Waals surface area (Å²) in [7, 11) is 1.90. The van der Waals surface area contributed by atoms with Gasteiger partial charge in [0.2, 0.25) is 5.95 Å². The zero-order valence-electron chi connectivity index (χ0n) is 20.2. The average molecular weight is 403 g/mol. The van der Waals surface area contributed by atoms with Crippen molar-refractivity contribution in [3.63, 3.8) is 0 Å². The fourth-order valence-corrected chi connectivity index (χ4v) is 3.29. The second kappa shape index (κ2) is 7.55. The molecule has 1 saturated heterocycles. The molecular formula is C22H21N7O. The Labute approximate surface area is 179 Å². The van der Waals surface area contributed by atoms with Crippen LogP contribution >= 0.6 is 0 Å². The first-order chi connectivity index (χ1) is 16.1. The Morgan fingerprint density at radius 1 is 1.13 bits per heavy atom. The van der Waals surface area contributed by atoms with Crippen molar-refractivity contribution in [1.82, 2.24) is 24.5 Å². The Hall–Kier alpha value is -3.81. The molecule has 0 atom stereocenters. The summed E-state index contributed by atoms with van der Waals surface area (Å²) in [5.41, 5.74) is 2.70. The number of nitrogens with one attached hydrogen (secondary N) is 1. The van der Waals surface area contributed by atoms with E-state index in [1.54, 1.807) is 18.7 Å². The van der Waals surface area contributed by atoms with Gasteiger partial charge in [0.05, 0.1) is 23.7 Å². The van der Waals surface area contributed by atoms with Gasteiger partial charge in [0.25, 0.3) is 5.91 Å². The van der Waals surface area contributed by atoms with Crippen molar-refractivity contribution >= 4 is 28.6 Å².